The van der Waals surface area contributed by atoms with E-state index in [0.717, 1.165) is 6.08 Å². The van der Waals surface area contributed by atoms with Crippen molar-refractivity contribution in [3.63, 3.8) is 0 Å². The van der Waals surface area contributed by atoms with Gasteiger partial charge in [-0.3, -0.25) is 0 Å². The maximum absolute atomic E-state index is 12.6. The van der Waals surface area contributed by atoms with Crippen LogP contribution in [-0.4, -0.2) is 12.1 Å². The minimum atomic E-state index is -5.43. The van der Waals surface area contributed by atoms with Crippen LogP contribution in [0.1, 0.15) is 19.3 Å². The number of allylic oxidation sites excluding steroid dienone is 2. The van der Waals surface area contributed by atoms with Crippen LogP contribution in [0.15, 0.2) is 12.2 Å². The molecule has 0 fully saturated rings. The first-order valence-electron chi connectivity index (χ1n) is 3.97. The molecule has 13 heavy (non-hydrogen) atoms. The van der Waals surface area contributed by atoms with Gasteiger partial charge < -0.3 is 0 Å². The van der Waals surface area contributed by atoms with Gasteiger partial charge in [-0.2, -0.15) is 22.0 Å². The second-order valence-corrected chi connectivity index (χ2v) is 3.09. The Morgan fingerprint density at radius 2 is 1.69 bits per heavy atom. The second kappa shape index (κ2) is 3.27. The molecule has 5 heteroatoms. The van der Waals surface area contributed by atoms with Crippen molar-refractivity contribution in [3.05, 3.63) is 12.2 Å². The van der Waals surface area contributed by atoms with Crippen molar-refractivity contribution in [1.82, 2.24) is 0 Å². The van der Waals surface area contributed by atoms with Gasteiger partial charge in [-0.25, -0.2) is 0 Å². The van der Waals surface area contributed by atoms with Gasteiger partial charge in [0.05, 0.1) is 5.92 Å². The molecule has 0 heterocycles. The summed E-state index contributed by atoms with van der Waals surface area (Å²) < 4.78 is 60.8. The largest absolute Gasteiger partial charge is 0.453 e. The first-order chi connectivity index (χ1) is 5.86. The molecule has 1 unspecified atom stereocenters. The van der Waals surface area contributed by atoms with E-state index in [-0.39, 0.29) is 6.42 Å². The first-order valence-corrected chi connectivity index (χ1v) is 3.97. The van der Waals surface area contributed by atoms with Crippen molar-refractivity contribution in [1.29, 1.82) is 0 Å². The second-order valence-electron chi connectivity index (χ2n) is 3.09. The van der Waals surface area contributed by atoms with Gasteiger partial charge in [-0.1, -0.05) is 12.2 Å². The highest BCUT2D eigenvalue weighted by molar-refractivity contribution is 5.01. The van der Waals surface area contributed by atoms with E-state index in [0.29, 0.717) is 12.8 Å². The van der Waals surface area contributed by atoms with Gasteiger partial charge in [-0.15, -0.1) is 0 Å². The smallest absolute Gasteiger partial charge is 0.196 e. The number of hydrogen-bond donors (Lipinski definition) is 0. The average molecular weight is 200 g/mol. The van der Waals surface area contributed by atoms with Crippen molar-refractivity contribution < 1.29 is 22.0 Å². The van der Waals surface area contributed by atoms with E-state index in [4.69, 9.17) is 0 Å². The molecule has 0 amide bonds. The van der Waals surface area contributed by atoms with E-state index in [1.54, 1.807) is 0 Å². The molecule has 0 saturated carbocycles. The fourth-order valence-corrected chi connectivity index (χ4v) is 1.32. The van der Waals surface area contributed by atoms with Crippen LogP contribution in [0.4, 0.5) is 22.0 Å². The van der Waals surface area contributed by atoms with E-state index >= 15 is 0 Å². The highest BCUT2D eigenvalue weighted by Gasteiger charge is 2.61. The lowest BCUT2D eigenvalue weighted by atomic mass is 9.90. The van der Waals surface area contributed by atoms with E-state index in [1.165, 1.54) is 6.08 Å². The molecule has 0 spiro atoms. The Morgan fingerprint density at radius 1 is 1.08 bits per heavy atom. The molecular weight excluding hydrogens is 191 g/mol. The molecule has 1 aliphatic rings. The molecule has 0 aliphatic heterocycles. The number of halogens is 5. The molecule has 0 radical (unpaired) electrons. The molecule has 0 nitrogen and oxygen atoms in total. The summed E-state index contributed by atoms with van der Waals surface area (Å²) in [5.74, 6) is -6.26. The fourth-order valence-electron chi connectivity index (χ4n) is 1.32. The highest BCUT2D eigenvalue weighted by atomic mass is 19.4. The summed E-state index contributed by atoms with van der Waals surface area (Å²) >= 11 is 0. The van der Waals surface area contributed by atoms with Crippen molar-refractivity contribution in [2.75, 3.05) is 0 Å². The van der Waals surface area contributed by atoms with Gasteiger partial charge in [0.15, 0.2) is 0 Å². The molecule has 76 valence electrons. The molecule has 0 aromatic heterocycles. The standard InChI is InChI=1S/C8H9F5/c9-7(10,8(11,12)13)6-4-2-1-3-5-6/h2,4,6H,1,3,5H2. The van der Waals surface area contributed by atoms with E-state index < -0.39 is 18.0 Å². The SMILES string of the molecule is FC(F)(F)C(F)(F)C1C=CCCC1. The fraction of sp³-hybridized carbons (Fsp3) is 0.750. The predicted molar refractivity (Wildman–Crippen MR) is 37.5 cm³/mol. The van der Waals surface area contributed by atoms with Gasteiger partial charge in [0.25, 0.3) is 0 Å². The molecule has 0 aromatic carbocycles. The third kappa shape index (κ3) is 2.00. The van der Waals surface area contributed by atoms with Crippen molar-refractivity contribution >= 4 is 0 Å². The average Bonchev–Trinajstić information content (AvgIpc) is 2.04. The van der Waals surface area contributed by atoms with E-state index in [9.17, 15) is 22.0 Å². The summed E-state index contributed by atoms with van der Waals surface area (Å²) in [5.41, 5.74) is 0. The monoisotopic (exact) mass is 200 g/mol. The molecule has 0 N–H and O–H groups in total. The Labute approximate surface area is 72.4 Å². The lowest BCUT2D eigenvalue weighted by Crippen LogP contribution is -2.43. The van der Waals surface area contributed by atoms with Crippen LogP contribution in [0.25, 0.3) is 0 Å². The number of rotatable bonds is 1. The summed E-state index contributed by atoms with van der Waals surface area (Å²) in [7, 11) is 0. The maximum atomic E-state index is 12.6. The zero-order valence-corrected chi connectivity index (χ0v) is 6.74. The summed E-state index contributed by atoms with van der Waals surface area (Å²) in [4.78, 5) is 0. The Hall–Kier alpha value is -0.610. The van der Waals surface area contributed by atoms with E-state index in [1.807, 2.05) is 0 Å². The Kier molecular flexibility index (Phi) is 2.63. The Bertz CT molecular complexity index is 203. The van der Waals surface area contributed by atoms with Crippen LogP contribution in [0.2, 0.25) is 0 Å². The number of hydrogen-bond acceptors (Lipinski definition) is 0. The Balaban J connectivity index is 2.79. The topological polar surface area (TPSA) is 0 Å². The van der Waals surface area contributed by atoms with Gasteiger partial charge >= 0.3 is 12.1 Å². The van der Waals surface area contributed by atoms with Crippen molar-refractivity contribution in [3.8, 4) is 0 Å². The quantitative estimate of drug-likeness (QED) is 0.448. The van der Waals surface area contributed by atoms with Crippen LogP contribution >= 0.6 is 0 Å². The normalized spacial score (nSPS) is 24.8. The van der Waals surface area contributed by atoms with Crippen LogP contribution < -0.4 is 0 Å². The van der Waals surface area contributed by atoms with Crippen LogP contribution in [-0.2, 0) is 0 Å². The lowest BCUT2D eigenvalue weighted by molar-refractivity contribution is -0.297. The van der Waals surface area contributed by atoms with Gasteiger partial charge in [-0.05, 0) is 19.3 Å². The van der Waals surface area contributed by atoms with Crippen LogP contribution in [0.3, 0.4) is 0 Å². The van der Waals surface area contributed by atoms with Crippen molar-refractivity contribution in [2.24, 2.45) is 5.92 Å². The van der Waals surface area contributed by atoms with Gasteiger partial charge in [0.1, 0.15) is 0 Å². The molecular formula is C8H9F5. The van der Waals surface area contributed by atoms with Crippen LogP contribution in [0, 0.1) is 5.92 Å². The van der Waals surface area contributed by atoms with Crippen LogP contribution in [0.5, 0.6) is 0 Å². The summed E-state index contributed by atoms with van der Waals surface area (Å²) in [6.45, 7) is 0. The van der Waals surface area contributed by atoms with Gasteiger partial charge in [0.2, 0.25) is 0 Å². The third-order valence-corrected chi connectivity index (χ3v) is 2.10. The molecule has 0 bridgehead atoms. The molecule has 0 saturated heterocycles. The molecule has 1 aliphatic carbocycles. The number of alkyl halides is 5. The minimum Gasteiger partial charge on any atom is -0.196 e. The van der Waals surface area contributed by atoms with E-state index in [2.05, 4.69) is 0 Å². The summed E-state index contributed by atoms with van der Waals surface area (Å²) in [5, 5.41) is 0. The zero-order valence-electron chi connectivity index (χ0n) is 6.74. The minimum absolute atomic E-state index is 0.0942. The third-order valence-electron chi connectivity index (χ3n) is 2.10. The molecule has 1 atom stereocenters. The maximum Gasteiger partial charge on any atom is 0.453 e. The highest BCUT2D eigenvalue weighted by Crippen LogP contribution is 2.44. The first kappa shape index (κ1) is 10.5. The summed E-state index contributed by atoms with van der Waals surface area (Å²) in [6.07, 6.45) is -2.19. The lowest BCUT2D eigenvalue weighted by Gasteiger charge is -2.28. The predicted octanol–water partition coefficient (Wildman–Crippen LogP) is 3.54. The Morgan fingerprint density at radius 3 is 2.08 bits per heavy atom. The zero-order chi connectivity index (χ0) is 10.1. The van der Waals surface area contributed by atoms with Gasteiger partial charge in [0, 0.05) is 0 Å². The summed E-state index contributed by atoms with van der Waals surface area (Å²) in [6, 6.07) is 0. The van der Waals surface area contributed by atoms with Crippen molar-refractivity contribution in [2.45, 2.75) is 31.4 Å². The molecule has 1 rings (SSSR count). The molecule has 0 aromatic rings.